The van der Waals surface area contributed by atoms with Gasteiger partial charge in [0.1, 0.15) is 12.4 Å². The number of anilines is 1. The number of hydrogen-bond acceptors (Lipinski definition) is 5. The molecule has 0 atom stereocenters. The van der Waals surface area contributed by atoms with Crippen LogP contribution in [0.15, 0.2) is 84.6 Å². The molecule has 0 heterocycles. The van der Waals surface area contributed by atoms with E-state index < -0.39 is 0 Å². The highest BCUT2D eigenvalue weighted by atomic mass is 16.5. The number of ether oxygens (including phenoxy) is 3. The summed E-state index contributed by atoms with van der Waals surface area (Å²) in [4.78, 5) is 0. The molecule has 0 fully saturated rings. The zero-order valence-corrected chi connectivity index (χ0v) is 17.1. The molecule has 0 spiro atoms. The fraction of sp³-hybridized carbons (Fsp3) is 0.160. The van der Waals surface area contributed by atoms with Gasteiger partial charge in [-0.1, -0.05) is 36.4 Å². The van der Waals surface area contributed by atoms with E-state index in [2.05, 4.69) is 11.4 Å². The summed E-state index contributed by atoms with van der Waals surface area (Å²) in [6, 6.07) is 25.4. The van der Waals surface area contributed by atoms with E-state index >= 15 is 0 Å². The van der Waals surface area contributed by atoms with Gasteiger partial charge in [-0.3, -0.25) is 0 Å². The van der Waals surface area contributed by atoms with E-state index in [-0.39, 0.29) is 0 Å². The number of benzene rings is 3. The lowest BCUT2D eigenvalue weighted by Gasteiger charge is -2.12. The van der Waals surface area contributed by atoms with E-state index in [1.54, 1.807) is 20.4 Å². The van der Waals surface area contributed by atoms with Gasteiger partial charge in [-0.05, 0) is 47.5 Å². The number of nitrogens with zero attached hydrogens (tertiary/aromatic N) is 1. The van der Waals surface area contributed by atoms with Crippen molar-refractivity contribution in [2.24, 2.45) is 0 Å². The van der Waals surface area contributed by atoms with Gasteiger partial charge >= 0.3 is 0 Å². The molecule has 0 saturated heterocycles. The maximum atomic E-state index is 9.47. The smallest absolute Gasteiger partial charge is 0.161 e. The monoisotopic (exact) mass is 400 g/mol. The van der Waals surface area contributed by atoms with Crippen LogP contribution >= 0.6 is 0 Å². The Bertz CT molecular complexity index is 1020. The molecule has 3 rings (SSSR count). The van der Waals surface area contributed by atoms with Crippen LogP contribution in [0.2, 0.25) is 0 Å². The molecular weight excluding hydrogens is 376 g/mol. The maximum absolute atomic E-state index is 9.47. The molecule has 0 saturated carbocycles. The van der Waals surface area contributed by atoms with Gasteiger partial charge in [0.15, 0.2) is 11.5 Å². The van der Waals surface area contributed by atoms with Crippen molar-refractivity contribution in [1.82, 2.24) is 0 Å². The van der Waals surface area contributed by atoms with Gasteiger partial charge in [0.25, 0.3) is 0 Å². The third-order valence-electron chi connectivity index (χ3n) is 4.51. The van der Waals surface area contributed by atoms with E-state index in [1.165, 1.54) is 0 Å². The van der Waals surface area contributed by atoms with E-state index in [9.17, 15) is 5.26 Å². The summed E-state index contributed by atoms with van der Waals surface area (Å²) in [6.07, 6.45) is 2.22. The molecule has 0 aliphatic heterocycles. The van der Waals surface area contributed by atoms with Gasteiger partial charge in [-0.25, -0.2) is 0 Å². The second kappa shape index (κ2) is 10.6. The largest absolute Gasteiger partial charge is 0.497 e. The Morgan fingerprint density at radius 3 is 2.30 bits per heavy atom. The second-order valence-corrected chi connectivity index (χ2v) is 6.59. The molecule has 3 aromatic rings. The van der Waals surface area contributed by atoms with Gasteiger partial charge in [-0.15, -0.1) is 0 Å². The van der Waals surface area contributed by atoms with Crippen molar-refractivity contribution in [3.05, 3.63) is 95.7 Å². The SMILES string of the molecule is COc1ccc(COc2ccc(C/C(C#N)=C\Nc3ccccc3)cc2OC)cc1. The molecule has 0 radical (unpaired) electrons. The first-order chi connectivity index (χ1) is 14.7. The van der Waals surface area contributed by atoms with E-state index in [1.807, 2.05) is 72.8 Å². The molecule has 0 aliphatic rings. The minimum absolute atomic E-state index is 0.421. The number of nitrogens with one attached hydrogen (secondary N) is 1. The molecule has 30 heavy (non-hydrogen) atoms. The number of allylic oxidation sites excluding steroid dienone is 1. The van der Waals surface area contributed by atoms with Gasteiger partial charge in [0.2, 0.25) is 0 Å². The first-order valence-electron chi connectivity index (χ1n) is 9.55. The summed E-state index contributed by atoms with van der Waals surface area (Å²) >= 11 is 0. The Morgan fingerprint density at radius 1 is 0.900 bits per heavy atom. The highest BCUT2D eigenvalue weighted by Gasteiger charge is 2.08. The fourth-order valence-electron chi connectivity index (χ4n) is 2.87. The number of para-hydroxylation sites is 1. The highest BCUT2D eigenvalue weighted by molar-refractivity contribution is 5.48. The molecule has 5 nitrogen and oxygen atoms in total. The van der Waals surface area contributed by atoms with Crippen LogP contribution in [-0.4, -0.2) is 14.2 Å². The molecule has 0 aliphatic carbocycles. The zero-order valence-electron chi connectivity index (χ0n) is 17.1. The van der Waals surface area contributed by atoms with Crippen LogP contribution in [0.5, 0.6) is 17.2 Å². The summed E-state index contributed by atoms with van der Waals surface area (Å²) in [5.74, 6) is 2.10. The van der Waals surface area contributed by atoms with Crippen molar-refractivity contribution in [2.75, 3.05) is 19.5 Å². The fourth-order valence-corrected chi connectivity index (χ4v) is 2.87. The normalized spacial score (nSPS) is 10.8. The molecule has 152 valence electrons. The quantitative estimate of drug-likeness (QED) is 0.491. The van der Waals surface area contributed by atoms with Crippen LogP contribution in [0.3, 0.4) is 0 Å². The van der Waals surface area contributed by atoms with Crippen LogP contribution < -0.4 is 19.5 Å². The van der Waals surface area contributed by atoms with Crippen molar-refractivity contribution < 1.29 is 14.2 Å². The molecule has 0 amide bonds. The topological polar surface area (TPSA) is 63.5 Å². The Kier molecular flexibility index (Phi) is 7.34. The summed E-state index contributed by atoms with van der Waals surface area (Å²) in [7, 11) is 3.25. The lowest BCUT2D eigenvalue weighted by Crippen LogP contribution is -1.99. The summed E-state index contributed by atoms with van der Waals surface area (Å²) in [6.45, 7) is 0.421. The van der Waals surface area contributed by atoms with Crippen molar-refractivity contribution in [3.63, 3.8) is 0 Å². The molecule has 0 bridgehead atoms. The van der Waals surface area contributed by atoms with Crippen molar-refractivity contribution in [3.8, 4) is 23.3 Å². The van der Waals surface area contributed by atoms with Crippen molar-refractivity contribution >= 4 is 5.69 Å². The first-order valence-corrected chi connectivity index (χ1v) is 9.55. The Hall–Kier alpha value is -3.91. The third-order valence-corrected chi connectivity index (χ3v) is 4.51. The summed E-state index contributed by atoms with van der Waals surface area (Å²) in [5.41, 5.74) is 3.55. The maximum Gasteiger partial charge on any atom is 0.161 e. The minimum Gasteiger partial charge on any atom is -0.497 e. The molecule has 3 aromatic carbocycles. The molecule has 1 N–H and O–H groups in total. The third kappa shape index (κ3) is 5.79. The van der Waals surface area contributed by atoms with Crippen LogP contribution in [0.4, 0.5) is 5.69 Å². The highest BCUT2D eigenvalue weighted by Crippen LogP contribution is 2.30. The molecule has 0 aromatic heterocycles. The van der Waals surface area contributed by atoms with Gasteiger partial charge in [0.05, 0.1) is 20.3 Å². The zero-order chi connectivity index (χ0) is 21.2. The number of methoxy groups -OCH3 is 2. The van der Waals surface area contributed by atoms with Gasteiger partial charge in [-0.2, -0.15) is 5.26 Å². The lowest BCUT2D eigenvalue weighted by molar-refractivity contribution is 0.284. The summed E-state index contributed by atoms with van der Waals surface area (Å²) in [5, 5.41) is 12.6. The predicted molar refractivity (Wildman–Crippen MR) is 118 cm³/mol. The predicted octanol–water partition coefficient (Wildman–Crippen LogP) is 5.34. The van der Waals surface area contributed by atoms with E-state index in [0.717, 1.165) is 22.6 Å². The Labute approximate surface area is 177 Å². The number of rotatable bonds is 9. The summed E-state index contributed by atoms with van der Waals surface area (Å²) < 4.78 is 16.6. The Balaban J connectivity index is 1.65. The minimum atomic E-state index is 0.421. The first kappa shape index (κ1) is 20.8. The van der Waals surface area contributed by atoms with Crippen LogP contribution in [0.1, 0.15) is 11.1 Å². The van der Waals surface area contributed by atoms with E-state index in [4.69, 9.17) is 14.2 Å². The molecule has 0 unspecified atom stereocenters. The number of hydrogen-bond donors (Lipinski definition) is 1. The van der Waals surface area contributed by atoms with Crippen LogP contribution in [0.25, 0.3) is 0 Å². The standard InChI is InChI=1S/C25H24N2O3/c1-28-23-11-8-19(9-12-23)18-30-24-13-10-20(15-25(24)29-2)14-21(16-26)17-27-22-6-4-3-5-7-22/h3-13,15,17,27H,14,18H2,1-2H3/b21-17+. The van der Waals surface area contributed by atoms with Gasteiger partial charge in [0, 0.05) is 23.9 Å². The van der Waals surface area contributed by atoms with Crippen molar-refractivity contribution in [1.29, 1.82) is 5.26 Å². The Morgan fingerprint density at radius 2 is 1.63 bits per heavy atom. The molecular formula is C25H24N2O3. The lowest BCUT2D eigenvalue weighted by atomic mass is 10.1. The second-order valence-electron chi connectivity index (χ2n) is 6.59. The average molecular weight is 400 g/mol. The van der Waals surface area contributed by atoms with Crippen LogP contribution in [0, 0.1) is 11.3 Å². The van der Waals surface area contributed by atoms with Crippen molar-refractivity contribution in [2.45, 2.75) is 13.0 Å². The molecule has 5 heteroatoms. The van der Waals surface area contributed by atoms with Crippen LogP contribution in [-0.2, 0) is 13.0 Å². The average Bonchev–Trinajstić information content (AvgIpc) is 2.81. The van der Waals surface area contributed by atoms with E-state index in [0.29, 0.717) is 30.1 Å². The van der Waals surface area contributed by atoms with Gasteiger partial charge < -0.3 is 19.5 Å². The number of nitriles is 1.